The summed E-state index contributed by atoms with van der Waals surface area (Å²) in [4.78, 5) is 40.4. The summed E-state index contributed by atoms with van der Waals surface area (Å²) in [7, 11) is 1.34. The van der Waals surface area contributed by atoms with Crippen molar-refractivity contribution < 1.29 is 19.2 Å². The van der Waals surface area contributed by atoms with Crippen LogP contribution in [-0.4, -0.2) is 23.8 Å². The number of hydrogen-bond donors (Lipinski definition) is 1. The molecular formula is C28H28N4O5S. The van der Waals surface area contributed by atoms with Gasteiger partial charge in [-0.2, -0.15) is 5.26 Å². The lowest BCUT2D eigenvalue weighted by Crippen LogP contribution is -2.42. The largest absolute Gasteiger partial charge is 0.465 e. The SMILES string of the molecule is COC(=O)c1c(N2C(N)=C(C#N)[C@H](c3ccc([N+](=O)[O-])cc3)C3=C2CC(C)(C)CC3=O)sc2c1CCCC2. The highest BCUT2D eigenvalue weighted by molar-refractivity contribution is 7.16. The Hall–Kier alpha value is -3.97. The van der Waals surface area contributed by atoms with E-state index < -0.39 is 16.8 Å². The molecule has 0 bridgehead atoms. The van der Waals surface area contributed by atoms with Crippen LogP contribution in [0.25, 0.3) is 0 Å². The molecule has 3 aliphatic rings. The molecule has 0 saturated heterocycles. The quantitative estimate of drug-likeness (QED) is 0.319. The van der Waals surface area contributed by atoms with Crippen molar-refractivity contribution in [3.8, 4) is 6.07 Å². The summed E-state index contributed by atoms with van der Waals surface area (Å²) >= 11 is 1.47. The summed E-state index contributed by atoms with van der Waals surface area (Å²) in [6.45, 7) is 4.02. The summed E-state index contributed by atoms with van der Waals surface area (Å²) in [6, 6.07) is 8.10. The average Bonchev–Trinajstić information content (AvgIpc) is 3.25. The number of Topliss-reactive ketones (excluding diaryl/α,β-unsaturated/α-hetero) is 1. The normalized spacial score (nSPS) is 20.5. The highest BCUT2D eigenvalue weighted by Gasteiger charge is 2.46. The van der Waals surface area contributed by atoms with E-state index in [4.69, 9.17) is 10.5 Å². The van der Waals surface area contributed by atoms with E-state index in [1.54, 1.807) is 17.0 Å². The molecule has 1 aliphatic heterocycles. The second kappa shape index (κ2) is 9.40. The van der Waals surface area contributed by atoms with Crippen LogP contribution in [0.15, 0.2) is 46.9 Å². The number of thiophene rings is 1. The van der Waals surface area contributed by atoms with Crippen LogP contribution in [0.4, 0.5) is 10.7 Å². The number of esters is 1. The van der Waals surface area contributed by atoms with Gasteiger partial charge in [-0.25, -0.2) is 4.79 Å². The van der Waals surface area contributed by atoms with Crippen LogP contribution in [0, 0.1) is 26.9 Å². The van der Waals surface area contributed by atoms with Gasteiger partial charge in [-0.1, -0.05) is 26.0 Å². The zero-order valence-electron chi connectivity index (χ0n) is 21.5. The van der Waals surface area contributed by atoms with Gasteiger partial charge >= 0.3 is 5.97 Å². The first-order chi connectivity index (χ1) is 18.1. The number of non-ortho nitro benzene ring substituents is 1. The minimum absolute atomic E-state index is 0.0844. The number of nitro benzene ring substituents is 1. The Balaban J connectivity index is 1.78. The maximum atomic E-state index is 13.8. The molecule has 1 aromatic heterocycles. The van der Waals surface area contributed by atoms with Crippen LogP contribution >= 0.6 is 11.3 Å². The number of allylic oxidation sites excluding steroid dienone is 3. The third-order valence-electron chi connectivity index (χ3n) is 7.56. The number of nitrogens with two attached hydrogens (primary N) is 1. The molecule has 0 spiro atoms. The predicted molar refractivity (Wildman–Crippen MR) is 142 cm³/mol. The van der Waals surface area contributed by atoms with Gasteiger partial charge in [-0.05, 0) is 48.6 Å². The highest BCUT2D eigenvalue weighted by Crippen LogP contribution is 2.53. The maximum Gasteiger partial charge on any atom is 0.341 e. The smallest absolute Gasteiger partial charge is 0.341 e. The van der Waals surface area contributed by atoms with Gasteiger partial charge in [-0.15, -0.1) is 11.3 Å². The van der Waals surface area contributed by atoms with Crippen molar-refractivity contribution in [2.75, 3.05) is 12.0 Å². The predicted octanol–water partition coefficient (Wildman–Crippen LogP) is 5.26. The van der Waals surface area contributed by atoms with Gasteiger partial charge in [0, 0.05) is 34.7 Å². The first kappa shape index (κ1) is 25.7. The second-order valence-corrected chi connectivity index (χ2v) is 11.8. The highest BCUT2D eigenvalue weighted by atomic mass is 32.1. The number of anilines is 1. The zero-order chi connectivity index (χ0) is 27.4. The molecule has 2 aromatic rings. The Morgan fingerprint density at radius 1 is 1.24 bits per heavy atom. The summed E-state index contributed by atoms with van der Waals surface area (Å²) in [5.41, 5.74) is 9.57. The Morgan fingerprint density at radius 2 is 1.92 bits per heavy atom. The fraction of sp³-hybridized carbons (Fsp3) is 0.393. The third-order valence-corrected chi connectivity index (χ3v) is 8.84. The van der Waals surface area contributed by atoms with E-state index >= 15 is 0 Å². The number of aryl methyl sites for hydroxylation is 1. The van der Waals surface area contributed by atoms with Gasteiger partial charge in [0.15, 0.2) is 5.78 Å². The molecule has 1 atom stereocenters. The third kappa shape index (κ3) is 4.07. The zero-order valence-corrected chi connectivity index (χ0v) is 22.3. The lowest BCUT2D eigenvalue weighted by atomic mass is 9.68. The van der Waals surface area contributed by atoms with Gasteiger partial charge < -0.3 is 10.5 Å². The first-order valence-corrected chi connectivity index (χ1v) is 13.3. The van der Waals surface area contributed by atoms with Crippen molar-refractivity contribution in [3.05, 3.63) is 78.6 Å². The van der Waals surface area contributed by atoms with Gasteiger partial charge in [0.1, 0.15) is 10.8 Å². The van der Waals surface area contributed by atoms with E-state index in [9.17, 15) is 25.0 Å². The molecule has 2 N–H and O–H groups in total. The number of methoxy groups -OCH3 is 1. The maximum absolute atomic E-state index is 13.8. The lowest BCUT2D eigenvalue weighted by molar-refractivity contribution is -0.384. The number of carbonyl (C=O) groups excluding carboxylic acids is 2. The van der Waals surface area contributed by atoms with Gasteiger partial charge in [0.2, 0.25) is 0 Å². The molecule has 5 rings (SSSR count). The molecule has 2 aliphatic carbocycles. The molecule has 0 saturated carbocycles. The molecule has 0 fully saturated rings. The van der Waals surface area contributed by atoms with Gasteiger partial charge in [0.25, 0.3) is 5.69 Å². The molecule has 0 amide bonds. The number of ether oxygens (including phenoxy) is 1. The summed E-state index contributed by atoms with van der Waals surface area (Å²) in [6.07, 6.45) is 4.36. The lowest BCUT2D eigenvalue weighted by Gasteiger charge is -2.43. The van der Waals surface area contributed by atoms with Crippen molar-refractivity contribution in [1.82, 2.24) is 0 Å². The Kier molecular flexibility index (Phi) is 6.35. The van der Waals surface area contributed by atoms with E-state index in [0.717, 1.165) is 36.1 Å². The van der Waals surface area contributed by atoms with E-state index in [-0.39, 0.29) is 34.7 Å². The van der Waals surface area contributed by atoms with Crippen LogP contribution in [0.2, 0.25) is 0 Å². The number of benzene rings is 1. The van der Waals surface area contributed by atoms with E-state index in [1.165, 1.54) is 30.6 Å². The van der Waals surface area contributed by atoms with Gasteiger partial charge in [-0.3, -0.25) is 19.8 Å². The van der Waals surface area contributed by atoms with Crippen molar-refractivity contribution in [2.24, 2.45) is 11.1 Å². The summed E-state index contributed by atoms with van der Waals surface area (Å²) < 4.78 is 5.18. The average molecular weight is 533 g/mol. The first-order valence-electron chi connectivity index (χ1n) is 12.5. The fourth-order valence-corrected chi connectivity index (χ4v) is 7.30. The molecule has 2 heterocycles. The molecule has 38 heavy (non-hydrogen) atoms. The molecule has 1 aromatic carbocycles. The Labute approximate surface area is 224 Å². The Bertz CT molecular complexity index is 1480. The molecule has 0 unspecified atom stereocenters. The minimum atomic E-state index is -0.758. The second-order valence-electron chi connectivity index (χ2n) is 10.7. The Morgan fingerprint density at radius 3 is 2.55 bits per heavy atom. The van der Waals surface area contributed by atoms with E-state index in [0.29, 0.717) is 33.8 Å². The van der Waals surface area contributed by atoms with Crippen molar-refractivity contribution >= 4 is 33.8 Å². The van der Waals surface area contributed by atoms with Crippen LogP contribution < -0.4 is 10.6 Å². The number of carbonyl (C=O) groups is 2. The molecule has 10 heteroatoms. The van der Waals surface area contributed by atoms with Crippen molar-refractivity contribution in [1.29, 1.82) is 5.26 Å². The minimum Gasteiger partial charge on any atom is -0.465 e. The van der Waals surface area contributed by atoms with Crippen LogP contribution in [0.3, 0.4) is 0 Å². The molecule has 9 nitrogen and oxygen atoms in total. The number of nitriles is 1. The standard InChI is InChI=1S/C28H28N4O5S/c1-28(2)12-19-24(20(33)13-28)22(15-8-10-16(11-9-15)32(35)36)18(14-29)25(30)31(19)26-23(27(34)37-3)17-6-4-5-7-21(17)38-26/h8-11,22H,4-7,12-13,30H2,1-3H3/t22-/m0/s1. The van der Waals surface area contributed by atoms with Crippen LogP contribution in [-0.2, 0) is 22.4 Å². The van der Waals surface area contributed by atoms with Crippen LogP contribution in [0.1, 0.15) is 71.8 Å². The summed E-state index contributed by atoms with van der Waals surface area (Å²) in [5, 5.41) is 22.1. The number of rotatable bonds is 4. The summed E-state index contributed by atoms with van der Waals surface area (Å²) in [5.74, 6) is -1.17. The topological polar surface area (TPSA) is 140 Å². The molecular weight excluding hydrogens is 504 g/mol. The number of nitrogens with zero attached hydrogens (tertiary/aromatic N) is 3. The number of nitro groups is 1. The van der Waals surface area contributed by atoms with Gasteiger partial charge in [0.05, 0.1) is 35.2 Å². The molecule has 196 valence electrons. The number of hydrogen-bond acceptors (Lipinski definition) is 9. The van der Waals surface area contributed by atoms with Crippen molar-refractivity contribution in [3.63, 3.8) is 0 Å². The monoisotopic (exact) mass is 532 g/mol. The van der Waals surface area contributed by atoms with E-state index in [1.807, 2.05) is 13.8 Å². The van der Waals surface area contributed by atoms with Crippen LogP contribution in [0.5, 0.6) is 0 Å². The van der Waals surface area contributed by atoms with E-state index in [2.05, 4.69) is 6.07 Å². The number of fused-ring (bicyclic) bond motifs is 1. The molecule has 0 radical (unpaired) electrons. The fourth-order valence-electron chi connectivity index (χ4n) is 5.88. The number of ketones is 1. The van der Waals surface area contributed by atoms with Crippen molar-refractivity contribution in [2.45, 2.75) is 58.3 Å².